The molecule has 0 unspecified atom stereocenters. The summed E-state index contributed by atoms with van der Waals surface area (Å²) >= 11 is 0. The van der Waals surface area contributed by atoms with E-state index < -0.39 is 10.0 Å². The standard InChI is InChI=1S/C12H18N2O3S/c1-4-7-13-12(15)10-5-6-11(9(2)8-10)14-18(3,16)17/h5-6,8,14H,4,7H2,1-3H3,(H,13,15). The van der Waals surface area contributed by atoms with Crippen molar-refractivity contribution in [1.29, 1.82) is 0 Å². The highest BCUT2D eigenvalue weighted by molar-refractivity contribution is 7.92. The largest absolute Gasteiger partial charge is 0.352 e. The normalized spacial score (nSPS) is 11.1. The highest BCUT2D eigenvalue weighted by Gasteiger charge is 2.09. The van der Waals surface area contributed by atoms with Gasteiger partial charge in [-0.25, -0.2) is 8.42 Å². The molecule has 0 aliphatic heterocycles. The lowest BCUT2D eigenvalue weighted by Crippen LogP contribution is -2.24. The third kappa shape index (κ3) is 4.37. The predicted molar refractivity (Wildman–Crippen MR) is 72.3 cm³/mol. The van der Waals surface area contributed by atoms with Gasteiger partial charge in [0.15, 0.2) is 0 Å². The molecule has 100 valence electrons. The van der Waals surface area contributed by atoms with E-state index in [1.807, 2.05) is 6.92 Å². The summed E-state index contributed by atoms with van der Waals surface area (Å²) in [5.41, 5.74) is 1.73. The Morgan fingerprint density at radius 1 is 1.33 bits per heavy atom. The van der Waals surface area contributed by atoms with Crippen LogP contribution in [0.25, 0.3) is 0 Å². The van der Waals surface area contributed by atoms with Crippen LogP contribution in [0.3, 0.4) is 0 Å². The molecule has 5 nitrogen and oxygen atoms in total. The van der Waals surface area contributed by atoms with Crippen molar-refractivity contribution in [2.24, 2.45) is 0 Å². The molecule has 0 heterocycles. The Bertz CT molecular complexity index is 538. The van der Waals surface area contributed by atoms with Crippen molar-refractivity contribution in [1.82, 2.24) is 5.32 Å². The van der Waals surface area contributed by atoms with Crippen molar-refractivity contribution >= 4 is 21.6 Å². The molecule has 1 aromatic carbocycles. The fraction of sp³-hybridized carbons (Fsp3) is 0.417. The lowest BCUT2D eigenvalue weighted by molar-refractivity contribution is 0.0953. The number of carbonyl (C=O) groups is 1. The fourth-order valence-corrected chi connectivity index (χ4v) is 2.09. The minimum atomic E-state index is -3.30. The third-order valence-corrected chi connectivity index (χ3v) is 2.91. The Hall–Kier alpha value is -1.56. The van der Waals surface area contributed by atoms with Gasteiger partial charge in [0.05, 0.1) is 11.9 Å². The second-order valence-electron chi connectivity index (χ2n) is 4.16. The van der Waals surface area contributed by atoms with Crippen molar-refractivity contribution < 1.29 is 13.2 Å². The minimum absolute atomic E-state index is 0.147. The number of amides is 1. The maximum absolute atomic E-state index is 11.7. The van der Waals surface area contributed by atoms with E-state index >= 15 is 0 Å². The number of hydrogen-bond donors (Lipinski definition) is 2. The second-order valence-corrected chi connectivity index (χ2v) is 5.91. The molecule has 0 aliphatic rings. The fourth-order valence-electron chi connectivity index (χ4n) is 1.46. The number of sulfonamides is 1. The van der Waals surface area contributed by atoms with Crippen LogP contribution in [0.2, 0.25) is 0 Å². The van der Waals surface area contributed by atoms with Gasteiger partial charge in [-0.3, -0.25) is 9.52 Å². The highest BCUT2D eigenvalue weighted by Crippen LogP contribution is 2.17. The summed E-state index contributed by atoms with van der Waals surface area (Å²) in [7, 11) is -3.30. The zero-order valence-electron chi connectivity index (χ0n) is 10.8. The molecule has 0 spiro atoms. The number of carbonyl (C=O) groups excluding carboxylic acids is 1. The van der Waals surface area contributed by atoms with Gasteiger partial charge in [-0.15, -0.1) is 0 Å². The van der Waals surface area contributed by atoms with E-state index in [1.165, 1.54) is 0 Å². The smallest absolute Gasteiger partial charge is 0.251 e. The molecule has 0 radical (unpaired) electrons. The van der Waals surface area contributed by atoms with Crippen molar-refractivity contribution in [3.8, 4) is 0 Å². The number of anilines is 1. The number of nitrogens with one attached hydrogen (secondary N) is 2. The van der Waals surface area contributed by atoms with Crippen LogP contribution in [0, 0.1) is 6.92 Å². The van der Waals surface area contributed by atoms with Crippen LogP contribution in [0.5, 0.6) is 0 Å². The van der Waals surface area contributed by atoms with Gasteiger partial charge in [0, 0.05) is 12.1 Å². The maximum Gasteiger partial charge on any atom is 0.251 e. The molecule has 0 saturated carbocycles. The summed E-state index contributed by atoms with van der Waals surface area (Å²) in [5.74, 6) is -0.147. The van der Waals surface area contributed by atoms with E-state index in [2.05, 4.69) is 10.0 Å². The maximum atomic E-state index is 11.7. The van der Waals surface area contributed by atoms with Crippen LogP contribution in [0.1, 0.15) is 29.3 Å². The lowest BCUT2D eigenvalue weighted by Gasteiger charge is -2.09. The zero-order chi connectivity index (χ0) is 13.8. The first-order valence-corrected chi connectivity index (χ1v) is 7.59. The molecule has 0 fully saturated rings. The molecule has 0 atom stereocenters. The van der Waals surface area contributed by atoms with Crippen molar-refractivity contribution in [2.45, 2.75) is 20.3 Å². The van der Waals surface area contributed by atoms with Gasteiger partial charge in [0.1, 0.15) is 0 Å². The van der Waals surface area contributed by atoms with Crippen LogP contribution >= 0.6 is 0 Å². The third-order valence-electron chi connectivity index (χ3n) is 2.32. The topological polar surface area (TPSA) is 75.3 Å². The SMILES string of the molecule is CCCNC(=O)c1ccc(NS(C)(=O)=O)c(C)c1. The summed E-state index contributed by atoms with van der Waals surface area (Å²) in [5, 5.41) is 2.77. The van der Waals surface area contributed by atoms with Crippen LogP contribution in [-0.2, 0) is 10.0 Å². The van der Waals surface area contributed by atoms with Crippen molar-refractivity contribution in [2.75, 3.05) is 17.5 Å². The first-order valence-electron chi connectivity index (χ1n) is 5.70. The molecule has 1 amide bonds. The van der Waals surface area contributed by atoms with Crippen LogP contribution in [-0.4, -0.2) is 27.1 Å². The molecular formula is C12H18N2O3S. The van der Waals surface area contributed by atoms with Crippen LogP contribution < -0.4 is 10.0 Å². The Morgan fingerprint density at radius 2 is 2.00 bits per heavy atom. The van der Waals surface area contributed by atoms with E-state index in [-0.39, 0.29) is 5.91 Å². The van der Waals surface area contributed by atoms with Gasteiger partial charge in [0.2, 0.25) is 10.0 Å². The predicted octanol–water partition coefficient (Wildman–Crippen LogP) is 1.51. The first-order chi connectivity index (χ1) is 8.33. The van der Waals surface area contributed by atoms with Gasteiger partial charge < -0.3 is 5.32 Å². The van der Waals surface area contributed by atoms with Crippen LogP contribution in [0.15, 0.2) is 18.2 Å². The first kappa shape index (κ1) is 14.5. The van der Waals surface area contributed by atoms with Crippen molar-refractivity contribution in [3.63, 3.8) is 0 Å². The molecule has 6 heteroatoms. The minimum Gasteiger partial charge on any atom is -0.352 e. The highest BCUT2D eigenvalue weighted by atomic mass is 32.2. The molecule has 1 aromatic rings. The molecule has 1 rings (SSSR count). The van der Waals surface area contributed by atoms with Gasteiger partial charge in [0.25, 0.3) is 5.91 Å². The Balaban J connectivity index is 2.89. The summed E-state index contributed by atoms with van der Waals surface area (Å²) in [4.78, 5) is 11.7. The number of rotatable bonds is 5. The summed E-state index contributed by atoms with van der Waals surface area (Å²) in [6, 6.07) is 4.86. The summed E-state index contributed by atoms with van der Waals surface area (Å²) in [6.07, 6.45) is 1.97. The van der Waals surface area contributed by atoms with Crippen LogP contribution in [0.4, 0.5) is 5.69 Å². The summed E-state index contributed by atoms with van der Waals surface area (Å²) in [6.45, 7) is 4.36. The Morgan fingerprint density at radius 3 is 2.50 bits per heavy atom. The molecule has 18 heavy (non-hydrogen) atoms. The van der Waals surface area contributed by atoms with Gasteiger partial charge in [-0.2, -0.15) is 0 Å². The van der Waals surface area contributed by atoms with E-state index in [0.717, 1.165) is 12.7 Å². The monoisotopic (exact) mass is 270 g/mol. The molecule has 0 bridgehead atoms. The molecule has 0 aliphatic carbocycles. The second kappa shape index (κ2) is 5.86. The van der Waals surface area contributed by atoms with Gasteiger partial charge in [-0.1, -0.05) is 6.92 Å². The van der Waals surface area contributed by atoms with Gasteiger partial charge in [-0.05, 0) is 37.1 Å². The molecule has 0 aromatic heterocycles. The van der Waals surface area contributed by atoms with Crippen molar-refractivity contribution in [3.05, 3.63) is 29.3 Å². The van der Waals surface area contributed by atoms with E-state index in [9.17, 15) is 13.2 Å². The average Bonchev–Trinajstić information content (AvgIpc) is 2.27. The number of aryl methyl sites for hydroxylation is 1. The molecule has 2 N–H and O–H groups in total. The number of benzene rings is 1. The average molecular weight is 270 g/mol. The van der Waals surface area contributed by atoms with E-state index in [0.29, 0.717) is 23.4 Å². The van der Waals surface area contributed by atoms with Gasteiger partial charge >= 0.3 is 0 Å². The lowest BCUT2D eigenvalue weighted by atomic mass is 10.1. The summed E-state index contributed by atoms with van der Waals surface area (Å²) < 4.78 is 24.6. The zero-order valence-corrected chi connectivity index (χ0v) is 11.6. The molecule has 0 saturated heterocycles. The van der Waals surface area contributed by atoms with E-state index in [1.54, 1.807) is 25.1 Å². The number of hydrogen-bond acceptors (Lipinski definition) is 3. The van der Waals surface area contributed by atoms with E-state index in [4.69, 9.17) is 0 Å². The quantitative estimate of drug-likeness (QED) is 0.851. The Labute approximate surface area is 108 Å². The molecular weight excluding hydrogens is 252 g/mol. The Kier molecular flexibility index (Phi) is 4.72.